The zero-order valence-corrected chi connectivity index (χ0v) is 39.0. The second-order valence-corrected chi connectivity index (χ2v) is 20.6. The second-order valence-electron chi connectivity index (χ2n) is 20.6. The summed E-state index contributed by atoms with van der Waals surface area (Å²) in [6.45, 7) is 0. The van der Waals surface area contributed by atoms with E-state index in [1.807, 2.05) is 66.7 Å². The number of carbonyl (C=O) groups excluding carboxylic acids is 6. The normalized spacial score (nSPS) is 14.8. The average molecular weight is 976 g/mol. The Morgan fingerprint density at radius 3 is 1.14 bits per heavy atom. The molecular weight excluding hydrogens is 951 g/mol. The third-order valence-electron chi connectivity index (χ3n) is 17.4. The van der Waals surface area contributed by atoms with Crippen LogP contribution in [0.4, 0.5) is 0 Å². The minimum Gasteiger partial charge on any atom is -0.288 e. The molecule has 348 valence electrons. The van der Waals surface area contributed by atoms with Crippen LogP contribution in [0, 0.1) is 0 Å². The summed E-state index contributed by atoms with van der Waals surface area (Å²) in [5.41, 5.74) is 5.06. The van der Waals surface area contributed by atoms with Gasteiger partial charge in [0.2, 0.25) is 0 Å². The summed E-state index contributed by atoms with van der Waals surface area (Å²) in [5.74, 6) is -2.98. The van der Waals surface area contributed by atoms with Crippen LogP contribution in [0.3, 0.4) is 0 Å². The van der Waals surface area contributed by atoms with Gasteiger partial charge in [-0.2, -0.15) is 0 Å². The number of hydrogen-bond donors (Lipinski definition) is 3. The van der Waals surface area contributed by atoms with E-state index in [9.17, 15) is 28.8 Å². The van der Waals surface area contributed by atoms with Gasteiger partial charge in [0, 0.05) is 65.7 Å². The number of aromatic nitrogens is 2. The summed E-state index contributed by atoms with van der Waals surface area (Å²) in [4.78, 5) is 103. The number of pyridine rings is 1. The first-order valence-corrected chi connectivity index (χ1v) is 24.8. The van der Waals surface area contributed by atoms with Crippen molar-refractivity contribution in [2.75, 3.05) is 0 Å². The fourth-order valence-corrected chi connectivity index (χ4v) is 14.5. The third-order valence-corrected chi connectivity index (χ3v) is 17.4. The van der Waals surface area contributed by atoms with Crippen molar-refractivity contribution < 1.29 is 28.8 Å². The molecule has 3 aliphatic heterocycles. The Kier molecular flexibility index (Phi) is 6.33. The molecule has 0 spiro atoms. The van der Waals surface area contributed by atoms with E-state index in [2.05, 4.69) is 52.3 Å². The number of amides is 6. The van der Waals surface area contributed by atoms with Gasteiger partial charge in [0.25, 0.3) is 41.0 Å². The van der Waals surface area contributed by atoms with Crippen molar-refractivity contribution in [2.45, 2.75) is 0 Å². The molecule has 76 heavy (non-hydrogen) atoms. The number of benzene rings is 14. The van der Waals surface area contributed by atoms with E-state index in [4.69, 9.17) is 4.98 Å². The maximum atomic E-state index is 15.7. The van der Waals surface area contributed by atoms with E-state index < -0.39 is 35.4 Å². The highest BCUT2D eigenvalue weighted by molar-refractivity contribution is 6.49. The van der Waals surface area contributed by atoms with Crippen molar-refractivity contribution in [3.63, 3.8) is 0 Å². The summed E-state index contributed by atoms with van der Waals surface area (Å²) >= 11 is 0. The molecule has 0 unspecified atom stereocenters. The van der Waals surface area contributed by atoms with Gasteiger partial charge in [0.15, 0.2) is 0 Å². The van der Waals surface area contributed by atoms with Gasteiger partial charge in [-0.25, -0.2) is 4.98 Å². The minimum atomic E-state index is -0.563. The molecule has 5 heterocycles. The van der Waals surface area contributed by atoms with E-state index in [0.29, 0.717) is 98.7 Å². The molecule has 0 saturated heterocycles. The van der Waals surface area contributed by atoms with Crippen LogP contribution in [0.2, 0.25) is 0 Å². The molecule has 12 nitrogen and oxygen atoms in total. The number of imide groups is 3. The molecule has 3 N–H and O–H groups in total. The maximum absolute atomic E-state index is 15.7. The van der Waals surface area contributed by atoms with Crippen LogP contribution in [0.25, 0.3) is 157 Å². The van der Waals surface area contributed by atoms with Crippen molar-refractivity contribution in [1.82, 2.24) is 25.3 Å². The van der Waals surface area contributed by atoms with Crippen molar-refractivity contribution in [3.8, 4) is 11.1 Å². The summed E-state index contributed by atoms with van der Waals surface area (Å²) in [5, 5.41) is 26.2. The van der Waals surface area contributed by atoms with Gasteiger partial charge < -0.3 is 0 Å². The number of fused-ring (bicyclic) bond motifs is 10. The van der Waals surface area contributed by atoms with Crippen LogP contribution in [-0.4, -0.2) is 44.8 Å². The molecule has 16 aromatic rings. The number of carbonyl (C=O) groups is 6. The first-order valence-electron chi connectivity index (χ1n) is 24.8. The standard InChI is InChI=1S/C64H25N5O7/c70-58-34-16-9-25-23-5-6-27-29-8-15-33-51-42(64(76)69-44-4-2-1-3-43(44)65-57(33)69)22-40(50(55(29)51)31-13-7-24(45(23)47(27)31)26-10-17-35(59(71)66-58)52(34)46(25)26)39-21-41-54-38(62(74)68-63(41)75)19-12-30-28-11-18-36-53-37(61(73)67-60(36)72)20-14-32(48(28)53)49(39)56(30)54/h1-22H,(H,66,70,71)(H,67,72,73)(H,68,74,75). The maximum Gasteiger partial charge on any atom is 0.264 e. The summed E-state index contributed by atoms with van der Waals surface area (Å²) in [7, 11) is 0. The van der Waals surface area contributed by atoms with Gasteiger partial charge in [0.1, 0.15) is 5.65 Å². The van der Waals surface area contributed by atoms with Gasteiger partial charge in [-0.15, -0.1) is 0 Å². The first-order chi connectivity index (χ1) is 37.1. The molecular formula is C64H25N5O7. The van der Waals surface area contributed by atoms with Crippen molar-refractivity contribution in [1.29, 1.82) is 0 Å². The van der Waals surface area contributed by atoms with Crippen LogP contribution >= 0.6 is 0 Å². The Bertz CT molecular complexity index is 5750. The predicted octanol–water partition coefficient (Wildman–Crippen LogP) is 11.8. The number of imidazole rings is 1. The Hall–Kier alpha value is -10.7. The van der Waals surface area contributed by atoms with Crippen molar-refractivity contribution in [2.24, 2.45) is 0 Å². The number of nitrogens with one attached hydrogen (secondary N) is 3. The Morgan fingerprint density at radius 1 is 0.276 bits per heavy atom. The fourth-order valence-electron chi connectivity index (χ4n) is 14.5. The molecule has 14 aromatic carbocycles. The monoisotopic (exact) mass is 975 g/mol. The van der Waals surface area contributed by atoms with Crippen LogP contribution in [0.1, 0.15) is 62.1 Å². The molecule has 6 amide bonds. The number of nitrogens with zero attached hydrogens (tertiary/aromatic N) is 2. The number of para-hydroxylation sites is 2. The van der Waals surface area contributed by atoms with E-state index in [0.717, 1.165) is 86.2 Å². The van der Waals surface area contributed by atoms with Crippen LogP contribution in [0.15, 0.2) is 138 Å². The van der Waals surface area contributed by atoms with Crippen LogP contribution in [0.5, 0.6) is 0 Å². The number of hydrogen-bond acceptors (Lipinski definition) is 8. The Labute approximate surface area is 422 Å². The zero-order valence-electron chi connectivity index (χ0n) is 39.0. The Balaban J connectivity index is 1.08. The van der Waals surface area contributed by atoms with E-state index in [1.54, 1.807) is 34.7 Å². The predicted molar refractivity (Wildman–Crippen MR) is 295 cm³/mol. The molecule has 0 fully saturated rings. The van der Waals surface area contributed by atoms with Gasteiger partial charge in [-0.3, -0.25) is 53.9 Å². The van der Waals surface area contributed by atoms with E-state index >= 15 is 4.79 Å². The largest absolute Gasteiger partial charge is 0.288 e. The quantitative estimate of drug-likeness (QED) is 0.0828. The Morgan fingerprint density at radius 2 is 0.618 bits per heavy atom. The molecule has 0 bridgehead atoms. The van der Waals surface area contributed by atoms with E-state index in [-0.39, 0.29) is 11.1 Å². The van der Waals surface area contributed by atoms with Crippen molar-refractivity contribution >= 4 is 181 Å². The van der Waals surface area contributed by atoms with Gasteiger partial charge >= 0.3 is 0 Å². The smallest absolute Gasteiger partial charge is 0.264 e. The third kappa shape index (κ3) is 4.11. The highest BCUT2D eigenvalue weighted by Gasteiger charge is 2.35. The van der Waals surface area contributed by atoms with Gasteiger partial charge in [-0.05, 0) is 169 Å². The summed E-state index contributed by atoms with van der Waals surface area (Å²) < 4.78 is 1.68. The van der Waals surface area contributed by atoms with Crippen molar-refractivity contribution in [3.05, 3.63) is 177 Å². The average Bonchev–Trinajstić information content (AvgIpc) is 3.90. The molecule has 0 atom stereocenters. The molecule has 0 aliphatic carbocycles. The minimum absolute atomic E-state index is 0.267. The van der Waals surface area contributed by atoms with E-state index in [1.165, 1.54) is 0 Å². The fraction of sp³-hybridized carbons (Fsp3) is 0. The molecule has 0 radical (unpaired) electrons. The lowest BCUT2D eigenvalue weighted by molar-refractivity contribution is 0.0828. The highest BCUT2D eigenvalue weighted by Crippen LogP contribution is 2.55. The topological polar surface area (TPSA) is 173 Å². The zero-order chi connectivity index (χ0) is 50.2. The SMILES string of the molecule is O=C1NC(=O)c2ccc3c4ccc5c6c(-c7cc8c9c(ccc%10c%11ccc%12c%13c(ccc(c7c9%10)c%13%11)C(=O)NC%12=O)C(=O)NC8=O)cc7c(=O)n8c9ccccc9nc8c8ccc(c9ccc(c%10ccc1c2c%103)c4c95)c6c78. The highest BCUT2D eigenvalue weighted by atomic mass is 16.2. The molecule has 12 heteroatoms. The number of rotatable bonds is 1. The van der Waals surface area contributed by atoms with Crippen LogP contribution in [-0.2, 0) is 0 Å². The van der Waals surface area contributed by atoms with Gasteiger partial charge in [-0.1, -0.05) is 72.8 Å². The molecule has 2 aromatic heterocycles. The second kappa shape index (κ2) is 12.4. The lowest BCUT2D eigenvalue weighted by Gasteiger charge is -2.26. The van der Waals surface area contributed by atoms with Gasteiger partial charge in [0.05, 0.1) is 11.0 Å². The summed E-state index contributed by atoms with van der Waals surface area (Å²) in [6.07, 6.45) is 0. The molecule has 0 saturated carbocycles. The summed E-state index contributed by atoms with van der Waals surface area (Å²) in [6, 6.07) is 42.4. The molecule has 3 aliphatic rings. The lowest BCUT2D eigenvalue weighted by Crippen LogP contribution is -2.35. The van der Waals surface area contributed by atoms with Crippen LogP contribution < -0.4 is 21.5 Å². The first kappa shape index (κ1) is 38.9. The lowest BCUT2D eigenvalue weighted by atomic mass is 9.77. The molecule has 19 rings (SSSR count).